The summed E-state index contributed by atoms with van der Waals surface area (Å²) in [5.41, 5.74) is 0. The lowest BCUT2D eigenvalue weighted by Gasteiger charge is -2.17. The van der Waals surface area contributed by atoms with E-state index in [1.165, 1.54) is 109 Å². The van der Waals surface area contributed by atoms with E-state index in [9.17, 15) is 10.2 Å². The normalized spacial score (nSPS) is 13.1. The van der Waals surface area contributed by atoms with Crippen LogP contribution in [0, 0.1) is 5.92 Å². The molecule has 35 heavy (non-hydrogen) atoms. The van der Waals surface area contributed by atoms with E-state index < -0.39 is 6.10 Å². The highest BCUT2D eigenvalue weighted by atomic mass is 16.5. The highest BCUT2D eigenvalue weighted by molar-refractivity contribution is 5.31. The molecule has 0 fully saturated rings. The first kappa shape index (κ1) is 31.8. The van der Waals surface area contributed by atoms with Gasteiger partial charge in [-0.1, -0.05) is 129 Å². The van der Waals surface area contributed by atoms with E-state index >= 15 is 0 Å². The van der Waals surface area contributed by atoms with Crippen LogP contribution in [0.3, 0.4) is 0 Å². The summed E-state index contributed by atoms with van der Waals surface area (Å²) in [5, 5.41) is 19.5. The van der Waals surface area contributed by atoms with E-state index in [-0.39, 0.29) is 19.0 Å². The van der Waals surface area contributed by atoms with Crippen LogP contribution in [0.15, 0.2) is 24.3 Å². The van der Waals surface area contributed by atoms with E-state index in [4.69, 9.17) is 9.47 Å². The molecule has 1 aromatic rings. The number of aliphatic hydroxyl groups excluding tert-OH is 1. The molecule has 0 aliphatic carbocycles. The maximum Gasteiger partial charge on any atom is 0.123 e. The molecule has 0 spiro atoms. The number of hydrogen-bond acceptors (Lipinski definition) is 4. The van der Waals surface area contributed by atoms with Crippen LogP contribution in [0.1, 0.15) is 129 Å². The first-order valence-electron chi connectivity index (χ1n) is 14.8. The maximum absolute atomic E-state index is 10.1. The van der Waals surface area contributed by atoms with Gasteiger partial charge in [0, 0.05) is 12.7 Å². The smallest absolute Gasteiger partial charge is 0.123 e. The Bertz CT molecular complexity index is 577. The highest BCUT2D eigenvalue weighted by Crippen LogP contribution is 2.19. The summed E-state index contributed by atoms with van der Waals surface area (Å²) in [5.74, 6) is 1.29. The van der Waals surface area contributed by atoms with Crippen molar-refractivity contribution in [2.24, 2.45) is 5.92 Å². The zero-order valence-electron chi connectivity index (χ0n) is 23.0. The number of aromatic hydroxyl groups is 1. The van der Waals surface area contributed by atoms with Crippen molar-refractivity contribution >= 4 is 0 Å². The van der Waals surface area contributed by atoms with Crippen molar-refractivity contribution in [2.45, 2.75) is 136 Å². The molecule has 1 rings (SSSR count). The van der Waals surface area contributed by atoms with Gasteiger partial charge in [0.25, 0.3) is 0 Å². The fourth-order valence-corrected chi connectivity index (χ4v) is 4.57. The molecule has 2 N–H and O–H groups in total. The number of benzene rings is 1. The summed E-state index contributed by atoms with van der Waals surface area (Å²) < 4.78 is 11.3. The van der Waals surface area contributed by atoms with Crippen molar-refractivity contribution in [1.29, 1.82) is 0 Å². The van der Waals surface area contributed by atoms with Crippen molar-refractivity contribution in [3.8, 4) is 11.5 Å². The van der Waals surface area contributed by atoms with Crippen molar-refractivity contribution in [1.82, 2.24) is 0 Å². The average molecular weight is 493 g/mol. The zero-order valence-corrected chi connectivity index (χ0v) is 23.0. The summed E-state index contributed by atoms with van der Waals surface area (Å²) in [6.45, 7) is 5.67. The van der Waals surface area contributed by atoms with Gasteiger partial charge < -0.3 is 19.7 Å². The second-order valence-electron chi connectivity index (χ2n) is 10.4. The molecule has 0 amide bonds. The van der Waals surface area contributed by atoms with Crippen molar-refractivity contribution in [3.05, 3.63) is 24.3 Å². The molecule has 4 heteroatoms. The maximum atomic E-state index is 10.1. The molecule has 0 saturated carbocycles. The summed E-state index contributed by atoms with van der Waals surface area (Å²) >= 11 is 0. The van der Waals surface area contributed by atoms with Gasteiger partial charge in [-0.25, -0.2) is 0 Å². The van der Waals surface area contributed by atoms with Crippen LogP contribution in [-0.4, -0.2) is 36.1 Å². The number of unbranched alkanes of at least 4 members (excludes halogenated alkanes) is 15. The molecule has 0 aliphatic heterocycles. The minimum absolute atomic E-state index is 0.160. The average Bonchev–Trinajstić information content (AvgIpc) is 2.86. The monoisotopic (exact) mass is 492 g/mol. The van der Waals surface area contributed by atoms with Gasteiger partial charge in [-0.3, -0.25) is 0 Å². The number of hydrogen-bond donors (Lipinski definition) is 2. The fraction of sp³-hybridized carbons (Fsp3) is 0.806. The van der Waals surface area contributed by atoms with E-state index in [1.54, 1.807) is 24.3 Å². The highest BCUT2D eigenvalue weighted by Gasteiger charge is 2.10. The molecule has 2 unspecified atom stereocenters. The van der Waals surface area contributed by atoms with Crippen LogP contribution in [0.25, 0.3) is 0 Å². The summed E-state index contributed by atoms with van der Waals surface area (Å²) in [4.78, 5) is 0. The lowest BCUT2D eigenvalue weighted by Crippen LogP contribution is -2.25. The third kappa shape index (κ3) is 19.6. The van der Waals surface area contributed by atoms with Gasteiger partial charge in [0.05, 0.1) is 6.61 Å². The second-order valence-corrected chi connectivity index (χ2v) is 10.4. The number of ether oxygens (including phenoxy) is 2. The molecule has 0 aliphatic rings. The Hall–Kier alpha value is -1.26. The number of aliphatic hydroxyl groups is 1. The molecular weight excluding hydrogens is 436 g/mol. The van der Waals surface area contributed by atoms with Crippen LogP contribution in [0.5, 0.6) is 11.5 Å². The number of phenols is 1. The van der Waals surface area contributed by atoms with E-state index in [2.05, 4.69) is 13.8 Å². The third-order valence-electron chi connectivity index (χ3n) is 6.97. The third-order valence-corrected chi connectivity index (χ3v) is 6.97. The lowest BCUT2D eigenvalue weighted by molar-refractivity contribution is -0.00116. The Labute approximate surface area is 216 Å². The quantitative estimate of drug-likeness (QED) is 0.134. The molecule has 0 heterocycles. The van der Waals surface area contributed by atoms with Crippen LogP contribution in [-0.2, 0) is 4.74 Å². The first-order valence-corrected chi connectivity index (χ1v) is 14.8. The van der Waals surface area contributed by atoms with Gasteiger partial charge in [0.15, 0.2) is 0 Å². The standard InChI is InChI=1S/C31H56O4/c1-3-5-6-7-8-9-10-11-12-13-14-15-16-17-18-19-21-28(4-2)25-34-26-30(33)27-35-31-23-20-22-29(32)24-31/h20,22-24,28,30,32-33H,3-19,21,25-27H2,1-2H3. The topological polar surface area (TPSA) is 58.9 Å². The molecule has 0 aromatic heterocycles. The summed E-state index contributed by atoms with van der Waals surface area (Å²) in [7, 11) is 0. The van der Waals surface area contributed by atoms with E-state index in [1.807, 2.05) is 0 Å². The Morgan fingerprint density at radius 2 is 1.23 bits per heavy atom. The van der Waals surface area contributed by atoms with Gasteiger partial charge >= 0.3 is 0 Å². The predicted octanol–water partition coefficient (Wildman–Crippen LogP) is 8.83. The molecular formula is C31H56O4. The van der Waals surface area contributed by atoms with E-state index in [0.29, 0.717) is 18.3 Å². The molecule has 1 aromatic carbocycles. The molecule has 204 valence electrons. The van der Waals surface area contributed by atoms with Gasteiger partial charge in [-0.05, 0) is 24.5 Å². The molecule has 0 bridgehead atoms. The fourth-order valence-electron chi connectivity index (χ4n) is 4.57. The minimum Gasteiger partial charge on any atom is -0.508 e. The van der Waals surface area contributed by atoms with Crippen LogP contribution in [0.2, 0.25) is 0 Å². The van der Waals surface area contributed by atoms with Crippen molar-refractivity contribution in [3.63, 3.8) is 0 Å². The van der Waals surface area contributed by atoms with Crippen LogP contribution >= 0.6 is 0 Å². The number of phenolic OH excluding ortho intramolecular Hbond substituents is 1. The van der Waals surface area contributed by atoms with Crippen molar-refractivity contribution in [2.75, 3.05) is 19.8 Å². The van der Waals surface area contributed by atoms with Crippen molar-refractivity contribution < 1.29 is 19.7 Å². The molecule has 0 radical (unpaired) electrons. The zero-order chi connectivity index (χ0) is 25.4. The largest absolute Gasteiger partial charge is 0.508 e. The summed E-state index contributed by atoms with van der Waals surface area (Å²) in [6, 6.07) is 6.62. The minimum atomic E-state index is -0.662. The van der Waals surface area contributed by atoms with Gasteiger partial charge in [-0.2, -0.15) is 0 Å². The first-order chi connectivity index (χ1) is 17.2. The molecule has 0 saturated heterocycles. The Morgan fingerprint density at radius 1 is 0.686 bits per heavy atom. The Kier molecular flexibility index (Phi) is 21.0. The van der Waals surface area contributed by atoms with Gasteiger partial charge in [0.1, 0.15) is 24.2 Å². The van der Waals surface area contributed by atoms with Gasteiger partial charge in [0.2, 0.25) is 0 Å². The predicted molar refractivity (Wildman–Crippen MR) is 148 cm³/mol. The number of rotatable bonds is 25. The SMILES string of the molecule is CCCCCCCCCCCCCCCCCCC(CC)COCC(O)COc1cccc(O)c1. The summed E-state index contributed by atoms with van der Waals surface area (Å²) in [6.07, 6.45) is 24.1. The second kappa shape index (κ2) is 23.2. The van der Waals surface area contributed by atoms with Gasteiger partial charge in [-0.15, -0.1) is 0 Å². The Balaban J connectivity index is 1.87. The molecule has 4 nitrogen and oxygen atoms in total. The Morgan fingerprint density at radius 3 is 1.74 bits per heavy atom. The van der Waals surface area contributed by atoms with Crippen LogP contribution in [0.4, 0.5) is 0 Å². The van der Waals surface area contributed by atoms with Crippen LogP contribution < -0.4 is 4.74 Å². The van der Waals surface area contributed by atoms with E-state index in [0.717, 1.165) is 6.42 Å². The lowest BCUT2D eigenvalue weighted by atomic mass is 9.98. The molecule has 2 atom stereocenters.